The molecule has 0 bridgehead atoms. The summed E-state index contributed by atoms with van der Waals surface area (Å²) in [4.78, 5) is 12.2. The first-order valence-electron chi connectivity index (χ1n) is 5.96. The number of nitro groups is 1. The highest BCUT2D eigenvalue weighted by molar-refractivity contribution is 5.64. The molecule has 0 amide bonds. The fourth-order valence-electron chi connectivity index (χ4n) is 2.48. The Bertz CT molecular complexity index is 467. The standard InChI is InChI=1S/C12H16FN3O2/c1-8-7-9(14)5-6-15(8)11-4-2-3-10(13)12(11)16(17)18/h2-4,8-9H,5-7,14H2,1H3. The van der Waals surface area contributed by atoms with Gasteiger partial charge < -0.3 is 10.6 Å². The summed E-state index contributed by atoms with van der Waals surface area (Å²) in [5, 5.41) is 11.0. The molecular formula is C12H16FN3O2. The molecule has 1 saturated heterocycles. The van der Waals surface area contributed by atoms with Crippen molar-refractivity contribution < 1.29 is 9.31 Å². The van der Waals surface area contributed by atoms with Crippen LogP contribution in [0.5, 0.6) is 0 Å². The Morgan fingerprint density at radius 2 is 2.28 bits per heavy atom. The zero-order valence-corrected chi connectivity index (χ0v) is 10.2. The number of nitrogens with zero attached hydrogens (tertiary/aromatic N) is 2. The van der Waals surface area contributed by atoms with Crippen molar-refractivity contribution in [3.63, 3.8) is 0 Å². The summed E-state index contributed by atoms with van der Waals surface area (Å²) in [6.45, 7) is 2.57. The number of nitro benzene ring substituents is 1. The van der Waals surface area contributed by atoms with Crippen LogP contribution in [-0.2, 0) is 0 Å². The van der Waals surface area contributed by atoms with Crippen molar-refractivity contribution in [2.75, 3.05) is 11.4 Å². The molecule has 0 aliphatic carbocycles. The van der Waals surface area contributed by atoms with Crippen molar-refractivity contribution in [3.05, 3.63) is 34.1 Å². The van der Waals surface area contributed by atoms with Crippen LogP contribution < -0.4 is 10.6 Å². The van der Waals surface area contributed by atoms with Gasteiger partial charge >= 0.3 is 5.69 Å². The summed E-state index contributed by atoms with van der Waals surface area (Å²) in [6, 6.07) is 4.40. The second-order valence-corrected chi connectivity index (χ2v) is 4.69. The van der Waals surface area contributed by atoms with Crippen LogP contribution in [0.2, 0.25) is 0 Å². The number of halogens is 1. The van der Waals surface area contributed by atoms with Crippen LogP contribution in [-0.4, -0.2) is 23.6 Å². The van der Waals surface area contributed by atoms with E-state index in [9.17, 15) is 14.5 Å². The molecule has 98 valence electrons. The molecule has 6 heteroatoms. The first-order chi connectivity index (χ1) is 8.50. The van der Waals surface area contributed by atoms with Crippen LogP contribution in [0, 0.1) is 15.9 Å². The number of benzene rings is 1. The van der Waals surface area contributed by atoms with Gasteiger partial charge in [-0.1, -0.05) is 6.07 Å². The Balaban J connectivity index is 2.39. The van der Waals surface area contributed by atoms with Crippen LogP contribution in [0.1, 0.15) is 19.8 Å². The minimum Gasteiger partial charge on any atom is -0.363 e. The molecule has 0 saturated carbocycles. The molecule has 0 radical (unpaired) electrons. The van der Waals surface area contributed by atoms with Gasteiger partial charge in [-0.3, -0.25) is 10.1 Å². The first kappa shape index (κ1) is 12.8. The molecule has 1 heterocycles. The van der Waals surface area contributed by atoms with E-state index in [2.05, 4.69) is 0 Å². The maximum absolute atomic E-state index is 13.6. The van der Waals surface area contributed by atoms with Gasteiger partial charge in [0.05, 0.1) is 4.92 Å². The Kier molecular flexibility index (Phi) is 3.47. The van der Waals surface area contributed by atoms with Gasteiger partial charge in [0.1, 0.15) is 5.69 Å². The third-order valence-electron chi connectivity index (χ3n) is 3.37. The zero-order chi connectivity index (χ0) is 13.3. The van der Waals surface area contributed by atoms with Gasteiger partial charge in [-0.2, -0.15) is 4.39 Å². The van der Waals surface area contributed by atoms with Gasteiger partial charge in [0, 0.05) is 18.6 Å². The summed E-state index contributed by atoms with van der Waals surface area (Å²) >= 11 is 0. The maximum atomic E-state index is 13.6. The van der Waals surface area contributed by atoms with E-state index in [1.54, 1.807) is 6.07 Å². The van der Waals surface area contributed by atoms with Crippen molar-refractivity contribution in [3.8, 4) is 0 Å². The Morgan fingerprint density at radius 3 is 2.89 bits per heavy atom. The van der Waals surface area contributed by atoms with Crippen molar-refractivity contribution in [1.82, 2.24) is 0 Å². The molecule has 0 aromatic heterocycles. The lowest BCUT2D eigenvalue weighted by Crippen LogP contribution is -2.45. The van der Waals surface area contributed by atoms with Crippen molar-refractivity contribution in [1.29, 1.82) is 0 Å². The van der Waals surface area contributed by atoms with E-state index in [4.69, 9.17) is 5.73 Å². The summed E-state index contributed by atoms with van der Waals surface area (Å²) in [7, 11) is 0. The summed E-state index contributed by atoms with van der Waals surface area (Å²) < 4.78 is 13.6. The smallest absolute Gasteiger partial charge is 0.327 e. The van der Waals surface area contributed by atoms with E-state index < -0.39 is 16.4 Å². The van der Waals surface area contributed by atoms with E-state index in [1.165, 1.54) is 6.07 Å². The Hall–Kier alpha value is -1.69. The average Bonchev–Trinajstić information content (AvgIpc) is 2.28. The predicted molar refractivity (Wildman–Crippen MR) is 67.1 cm³/mol. The molecule has 2 atom stereocenters. The van der Waals surface area contributed by atoms with Crippen LogP contribution in [0.3, 0.4) is 0 Å². The molecule has 5 nitrogen and oxygen atoms in total. The van der Waals surface area contributed by atoms with Crippen LogP contribution in [0.25, 0.3) is 0 Å². The molecule has 1 aliphatic rings. The van der Waals surface area contributed by atoms with E-state index in [0.717, 1.165) is 18.9 Å². The highest BCUT2D eigenvalue weighted by Crippen LogP contribution is 2.34. The average molecular weight is 253 g/mol. The van der Waals surface area contributed by atoms with Gasteiger partial charge in [0.15, 0.2) is 0 Å². The molecule has 2 N–H and O–H groups in total. The SMILES string of the molecule is CC1CC(N)CCN1c1cccc(F)c1[N+](=O)[O-]. The number of para-hydroxylation sites is 1. The fourth-order valence-corrected chi connectivity index (χ4v) is 2.48. The molecule has 0 spiro atoms. The Morgan fingerprint density at radius 1 is 1.56 bits per heavy atom. The summed E-state index contributed by atoms with van der Waals surface area (Å²) in [6.07, 6.45) is 1.52. The van der Waals surface area contributed by atoms with Crippen molar-refractivity contribution in [2.24, 2.45) is 5.73 Å². The molecule has 2 rings (SSSR count). The van der Waals surface area contributed by atoms with Gasteiger partial charge in [-0.25, -0.2) is 0 Å². The second kappa shape index (κ2) is 4.89. The lowest BCUT2D eigenvalue weighted by atomic mass is 9.98. The molecule has 1 aliphatic heterocycles. The molecule has 18 heavy (non-hydrogen) atoms. The number of rotatable bonds is 2. The normalized spacial score (nSPS) is 24.1. The van der Waals surface area contributed by atoms with Gasteiger partial charge in [0.25, 0.3) is 0 Å². The van der Waals surface area contributed by atoms with E-state index in [-0.39, 0.29) is 12.1 Å². The van der Waals surface area contributed by atoms with Crippen LogP contribution in [0.15, 0.2) is 18.2 Å². The van der Waals surface area contributed by atoms with E-state index >= 15 is 0 Å². The topological polar surface area (TPSA) is 72.4 Å². The molecule has 1 fully saturated rings. The van der Waals surface area contributed by atoms with Gasteiger partial charge in [-0.15, -0.1) is 0 Å². The molecule has 1 aromatic rings. The zero-order valence-electron chi connectivity index (χ0n) is 10.2. The number of hydrogen-bond donors (Lipinski definition) is 1. The second-order valence-electron chi connectivity index (χ2n) is 4.69. The number of anilines is 1. The third kappa shape index (κ3) is 2.28. The number of piperidine rings is 1. The fraction of sp³-hybridized carbons (Fsp3) is 0.500. The lowest BCUT2D eigenvalue weighted by Gasteiger charge is -2.37. The highest BCUT2D eigenvalue weighted by atomic mass is 19.1. The van der Waals surface area contributed by atoms with Crippen molar-refractivity contribution >= 4 is 11.4 Å². The minimum absolute atomic E-state index is 0.0780. The first-order valence-corrected chi connectivity index (χ1v) is 5.96. The summed E-state index contributed by atoms with van der Waals surface area (Å²) in [5.74, 6) is -0.792. The molecular weight excluding hydrogens is 237 g/mol. The van der Waals surface area contributed by atoms with Crippen LogP contribution >= 0.6 is 0 Å². The van der Waals surface area contributed by atoms with E-state index in [1.807, 2.05) is 11.8 Å². The number of hydrogen-bond acceptors (Lipinski definition) is 4. The number of nitrogens with two attached hydrogens (primary N) is 1. The monoisotopic (exact) mass is 253 g/mol. The van der Waals surface area contributed by atoms with E-state index in [0.29, 0.717) is 12.2 Å². The van der Waals surface area contributed by atoms with Crippen LogP contribution in [0.4, 0.5) is 15.8 Å². The third-order valence-corrected chi connectivity index (χ3v) is 3.37. The quantitative estimate of drug-likeness (QED) is 0.646. The molecule has 2 unspecified atom stereocenters. The predicted octanol–water partition coefficient (Wildman–Crippen LogP) is 2.05. The van der Waals surface area contributed by atoms with Gasteiger partial charge in [0.2, 0.25) is 5.82 Å². The van der Waals surface area contributed by atoms with Gasteiger partial charge in [-0.05, 0) is 31.9 Å². The molecule has 1 aromatic carbocycles. The largest absolute Gasteiger partial charge is 0.363 e. The lowest BCUT2D eigenvalue weighted by molar-refractivity contribution is -0.386. The van der Waals surface area contributed by atoms with Crippen molar-refractivity contribution in [2.45, 2.75) is 31.8 Å². The highest BCUT2D eigenvalue weighted by Gasteiger charge is 2.30. The minimum atomic E-state index is -0.792. The summed E-state index contributed by atoms with van der Waals surface area (Å²) in [5.41, 5.74) is 5.76. The Labute approximate surface area is 105 Å². The maximum Gasteiger partial charge on any atom is 0.327 e.